The minimum Gasteiger partial charge on any atom is -0.444 e. The van der Waals surface area contributed by atoms with Crippen molar-refractivity contribution in [3.63, 3.8) is 0 Å². The molecule has 0 bridgehead atoms. The summed E-state index contributed by atoms with van der Waals surface area (Å²) in [6.45, 7) is 8.67. The highest BCUT2D eigenvalue weighted by Gasteiger charge is 2.33. The quantitative estimate of drug-likeness (QED) is 0.790. The number of morpholine rings is 1. The highest BCUT2D eigenvalue weighted by molar-refractivity contribution is 5.68. The molecule has 1 aromatic carbocycles. The second-order valence-corrected chi connectivity index (χ2v) is 6.21. The van der Waals surface area contributed by atoms with Gasteiger partial charge in [-0.25, -0.2) is 4.79 Å². The molecule has 1 aliphatic rings. The van der Waals surface area contributed by atoms with Crippen LogP contribution in [0.2, 0.25) is 0 Å². The first kappa shape index (κ1) is 14.9. The lowest BCUT2D eigenvalue weighted by Gasteiger charge is -2.38. The molecule has 0 saturated carbocycles. The molecule has 4 nitrogen and oxygen atoms in total. The second kappa shape index (κ2) is 5.83. The van der Waals surface area contributed by atoms with Crippen LogP contribution in [0.25, 0.3) is 0 Å². The van der Waals surface area contributed by atoms with Gasteiger partial charge >= 0.3 is 6.09 Å². The zero-order valence-electron chi connectivity index (χ0n) is 12.6. The van der Waals surface area contributed by atoms with Gasteiger partial charge in [0.25, 0.3) is 0 Å². The first-order valence-electron chi connectivity index (χ1n) is 7.03. The average molecular weight is 277 g/mol. The van der Waals surface area contributed by atoms with Crippen molar-refractivity contribution in [2.24, 2.45) is 0 Å². The van der Waals surface area contributed by atoms with Crippen LogP contribution in [0.15, 0.2) is 30.3 Å². The van der Waals surface area contributed by atoms with E-state index in [0.717, 1.165) is 5.56 Å². The van der Waals surface area contributed by atoms with E-state index in [9.17, 15) is 4.79 Å². The number of amides is 1. The van der Waals surface area contributed by atoms with Gasteiger partial charge in [0, 0.05) is 0 Å². The zero-order valence-corrected chi connectivity index (χ0v) is 12.6. The fraction of sp³-hybridized carbons (Fsp3) is 0.562. The monoisotopic (exact) mass is 277 g/mol. The Morgan fingerprint density at radius 2 is 1.95 bits per heavy atom. The standard InChI is InChI=1S/C16H23NO3/c1-12-11-19-14(13-8-6-5-7-9-13)10-17(12)15(18)20-16(2,3)4/h5-9,12,14H,10-11H2,1-4H3/t12-,14+/m0/s1. The number of rotatable bonds is 1. The second-order valence-electron chi connectivity index (χ2n) is 6.21. The minimum atomic E-state index is -0.475. The Labute approximate surface area is 120 Å². The largest absolute Gasteiger partial charge is 0.444 e. The maximum absolute atomic E-state index is 12.2. The molecular weight excluding hydrogens is 254 g/mol. The molecule has 0 N–H and O–H groups in total. The van der Waals surface area contributed by atoms with Crippen LogP contribution in [0.4, 0.5) is 4.79 Å². The van der Waals surface area contributed by atoms with Crippen LogP contribution < -0.4 is 0 Å². The molecule has 110 valence electrons. The Bertz CT molecular complexity index is 453. The Morgan fingerprint density at radius 3 is 2.55 bits per heavy atom. The first-order chi connectivity index (χ1) is 9.37. The third-order valence-electron chi connectivity index (χ3n) is 3.23. The lowest BCUT2D eigenvalue weighted by Crippen LogP contribution is -2.49. The summed E-state index contributed by atoms with van der Waals surface area (Å²) in [6.07, 6.45) is -0.353. The van der Waals surface area contributed by atoms with E-state index in [4.69, 9.17) is 9.47 Å². The van der Waals surface area contributed by atoms with Crippen LogP contribution in [0.1, 0.15) is 39.4 Å². The van der Waals surface area contributed by atoms with Gasteiger partial charge < -0.3 is 14.4 Å². The highest BCUT2D eigenvalue weighted by atomic mass is 16.6. The van der Waals surface area contributed by atoms with Crippen LogP contribution in [-0.4, -0.2) is 35.8 Å². The van der Waals surface area contributed by atoms with Gasteiger partial charge in [0.15, 0.2) is 0 Å². The van der Waals surface area contributed by atoms with Crippen molar-refractivity contribution >= 4 is 6.09 Å². The van der Waals surface area contributed by atoms with Crippen molar-refractivity contribution in [1.29, 1.82) is 0 Å². The lowest BCUT2D eigenvalue weighted by atomic mass is 10.1. The molecule has 0 radical (unpaired) electrons. The molecule has 0 unspecified atom stereocenters. The summed E-state index contributed by atoms with van der Waals surface area (Å²) in [5.74, 6) is 0. The van der Waals surface area contributed by atoms with Gasteiger partial charge in [-0.1, -0.05) is 30.3 Å². The number of hydrogen-bond donors (Lipinski definition) is 0. The molecule has 1 aromatic rings. The van der Waals surface area contributed by atoms with Crippen molar-refractivity contribution in [3.8, 4) is 0 Å². The lowest BCUT2D eigenvalue weighted by molar-refractivity contribution is -0.0668. The Balaban J connectivity index is 2.07. The number of hydrogen-bond acceptors (Lipinski definition) is 3. The predicted molar refractivity (Wildman–Crippen MR) is 77.5 cm³/mol. The molecule has 1 fully saturated rings. The number of carbonyl (C=O) groups excluding carboxylic acids is 1. The molecule has 0 spiro atoms. The first-order valence-corrected chi connectivity index (χ1v) is 7.03. The summed E-state index contributed by atoms with van der Waals surface area (Å²) in [7, 11) is 0. The average Bonchev–Trinajstić information content (AvgIpc) is 2.38. The molecule has 1 aliphatic heterocycles. The topological polar surface area (TPSA) is 38.8 Å². The number of nitrogens with zero attached hydrogens (tertiary/aromatic N) is 1. The fourth-order valence-electron chi connectivity index (χ4n) is 2.20. The molecule has 1 amide bonds. The van der Waals surface area contributed by atoms with Crippen LogP contribution in [-0.2, 0) is 9.47 Å². The SMILES string of the molecule is C[C@H]1CO[C@@H](c2ccccc2)CN1C(=O)OC(C)(C)C. The van der Waals surface area contributed by atoms with E-state index in [1.54, 1.807) is 4.90 Å². The van der Waals surface area contributed by atoms with Crippen molar-refractivity contribution in [2.45, 2.75) is 45.4 Å². The zero-order chi connectivity index (χ0) is 14.8. The van der Waals surface area contributed by atoms with E-state index in [1.165, 1.54) is 0 Å². The summed E-state index contributed by atoms with van der Waals surface area (Å²) in [5.41, 5.74) is 0.616. The van der Waals surface area contributed by atoms with Gasteiger partial charge in [-0.3, -0.25) is 0 Å². The maximum Gasteiger partial charge on any atom is 0.410 e. The van der Waals surface area contributed by atoms with E-state index in [0.29, 0.717) is 13.2 Å². The maximum atomic E-state index is 12.2. The molecule has 20 heavy (non-hydrogen) atoms. The van der Waals surface area contributed by atoms with E-state index >= 15 is 0 Å². The minimum absolute atomic E-state index is 0.0322. The van der Waals surface area contributed by atoms with E-state index in [-0.39, 0.29) is 18.2 Å². The van der Waals surface area contributed by atoms with Crippen molar-refractivity contribution < 1.29 is 14.3 Å². The van der Waals surface area contributed by atoms with Crippen LogP contribution in [0.3, 0.4) is 0 Å². The molecule has 0 aliphatic carbocycles. The van der Waals surface area contributed by atoms with Crippen LogP contribution >= 0.6 is 0 Å². The number of ether oxygens (including phenoxy) is 2. The molecule has 1 heterocycles. The van der Waals surface area contributed by atoms with Gasteiger partial charge in [-0.15, -0.1) is 0 Å². The van der Waals surface area contributed by atoms with E-state index in [1.807, 2.05) is 58.0 Å². The van der Waals surface area contributed by atoms with E-state index in [2.05, 4.69) is 0 Å². The number of benzene rings is 1. The summed E-state index contributed by atoms with van der Waals surface area (Å²) >= 11 is 0. The van der Waals surface area contributed by atoms with Gasteiger partial charge in [-0.2, -0.15) is 0 Å². The van der Waals surface area contributed by atoms with Gasteiger partial charge in [0.05, 0.1) is 19.2 Å². The molecule has 0 aromatic heterocycles. The normalized spacial score (nSPS) is 23.5. The van der Waals surface area contributed by atoms with Crippen molar-refractivity contribution in [3.05, 3.63) is 35.9 Å². The Morgan fingerprint density at radius 1 is 1.30 bits per heavy atom. The van der Waals surface area contributed by atoms with Crippen LogP contribution in [0, 0.1) is 0 Å². The van der Waals surface area contributed by atoms with Crippen molar-refractivity contribution in [1.82, 2.24) is 4.90 Å². The smallest absolute Gasteiger partial charge is 0.410 e. The molecule has 2 atom stereocenters. The summed E-state index contributed by atoms with van der Waals surface area (Å²) in [6, 6.07) is 10.0. The summed E-state index contributed by atoms with van der Waals surface area (Å²) < 4.78 is 11.3. The van der Waals surface area contributed by atoms with Crippen LogP contribution in [0.5, 0.6) is 0 Å². The summed E-state index contributed by atoms with van der Waals surface area (Å²) in [4.78, 5) is 14.0. The van der Waals surface area contributed by atoms with Gasteiger partial charge in [0.1, 0.15) is 11.7 Å². The molecule has 1 saturated heterocycles. The van der Waals surface area contributed by atoms with Gasteiger partial charge in [-0.05, 0) is 33.3 Å². The third kappa shape index (κ3) is 3.73. The Kier molecular flexibility index (Phi) is 4.33. The predicted octanol–water partition coefficient (Wildman–Crippen LogP) is 3.38. The molecule has 4 heteroatoms. The molecular formula is C16H23NO3. The van der Waals surface area contributed by atoms with Crippen molar-refractivity contribution in [2.75, 3.05) is 13.2 Å². The molecule has 2 rings (SSSR count). The summed E-state index contributed by atoms with van der Waals surface area (Å²) in [5, 5.41) is 0. The number of carbonyl (C=O) groups is 1. The van der Waals surface area contributed by atoms with E-state index < -0.39 is 5.60 Å². The third-order valence-corrected chi connectivity index (χ3v) is 3.23. The van der Waals surface area contributed by atoms with Gasteiger partial charge in [0.2, 0.25) is 0 Å². The highest BCUT2D eigenvalue weighted by Crippen LogP contribution is 2.26. The fourth-order valence-corrected chi connectivity index (χ4v) is 2.20. The Hall–Kier alpha value is -1.55.